The van der Waals surface area contributed by atoms with Gasteiger partial charge >= 0.3 is 5.97 Å². The zero-order valence-electron chi connectivity index (χ0n) is 8.16. The number of esters is 1. The highest BCUT2D eigenvalue weighted by Crippen LogP contribution is 2.25. The molecule has 4 heteroatoms. The summed E-state index contributed by atoms with van der Waals surface area (Å²) in [6.45, 7) is 4.48. The molecule has 0 unspecified atom stereocenters. The second-order valence-electron chi connectivity index (χ2n) is 3.37. The van der Waals surface area contributed by atoms with Crippen molar-refractivity contribution < 1.29 is 9.53 Å². The van der Waals surface area contributed by atoms with Gasteiger partial charge in [-0.25, -0.2) is 0 Å². The number of ether oxygens (including phenoxy) is 1. The maximum Gasteiger partial charge on any atom is 0.320 e. The van der Waals surface area contributed by atoms with Crippen molar-refractivity contribution in [1.82, 2.24) is 4.90 Å². The molecule has 1 aromatic heterocycles. The van der Waals surface area contributed by atoms with Gasteiger partial charge in [-0.2, -0.15) is 11.3 Å². The van der Waals surface area contributed by atoms with Crippen molar-refractivity contribution in [3.8, 4) is 0 Å². The molecule has 0 amide bonds. The highest BCUT2D eigenvalue weighted by atomic mass is 32.1. The summed E-state index contributed by atoms with van der Waals surface area (Å²) in [5.41, 5.74) is 2.72. The molecule has 1 aliphatic rings. The van der Waals surface area contributed by atoms with Crippen LogP contribution in [0.15, 0.2) is 10.8 Å². The Balaban J connectivity index is 1.87. The molecule has 0 bridgehead atoms. The first-order valence-corrected chi connectivity index (χ1v) is 5.65. The molecule has 0 saturated carbocycles. The lowest BCUT2D eigenvalue weighted by atomic mass is 10.2. The summed E-state index contributed by atoms with van der Waals surface area (Å²) in [4.78, 5) is 13.3. The zero-order valence-corrected chi connectivity index (χ0v) is 8.97. The lowest BCUT2D eigenvalue weighted by molar-refractivity contribution is -0.144. The van der Waals surface area contributed by atoms with E-state index in [1.165, 1.54) is 11.1 Å². The summed E-state index contributed by atoms with van der Waals surface area (Å²) in [5.74, 6) is -0.124. The molecule has 0 spiro atoms. The van der Waals surface area contributed by atoms with Crippen LogP contribution in [0.1, 0.15) is 18.1 Å². The van der Waals surface area contributed by atoms with Crippen LogP contribution in [-0.2, 0) is 22.6 Å². The first-order chi connectivity index (χ1) is 6.79. The third-order valence-electron chi connectivity index (χ3n) is 2.28. The van der Waals surface area contributed by atoms with E-state index in [2.05, 4.69) is 15.7 Å². The summed E-state index contributed by atoms with van der Waals surface area (Å²) in [6, 6.07) is 0. The second kappa shape index (κ2) is 4.11. The smallest absolute Gasteiger partial charge is 0.320 e. The van der Waals surface area contributed by atoms with Gasteiger partial charge in [-0.15, -0.1) is 0 Å². The van der Waals surface area contributed by atoms with E-state index in [0.29, 0.717) is 13.2 Å². The van der Waals surface area contributed by atoms with Gasteiger partial charge in [0, 0.05) is 13.1 Å². The summed E-state index contributed by atoms with van der Waals surface area (Å²) in [7, 11) is 0. The van der Waals surface area contributed by atoms with Gasteiger partial charge in [0.15, 0.2) is 0 Å². The van der Waals surface area contributed by atoms with Gasteiger partial charge < -0.3 is 4.74 Å². The molecule has 1 aromatic rings. The number of hydrogen-bond donors (Lipinski definition) is 0. The van der Waals surface area contributed by atoms with Crippen LogP contribution in [0.2, 0.25) is 0 Å². The van der Waals surface area contributed by atoms with E-state index in [-0.39, 0.29) is 5.97 Å². The summed E-state index contributed by atoms with van der Waals surface area (Å²) < 4.78 is 4.90. The topological polar surface area (TPSA) is 29.5 Å². The third kappa shape index (κ3) is 1.96. The predicted molar refractivity (Wildman–Crippen MR) is 55.1 cm³/mol. The van der Waals surface area contributed by atoms with E-state index < -0.39 is 0 Å². The number of carbonyl (C=O) groups excluding carboxylic acids is 1. The molecule has 0 N–H and O–H groups in total. The van der Waals surface area contributed by atoms with Crippen LogP contribution in [0.4, 0.5) is 0 Å². The molecule has 1 aliphatic heterocycles. The van der Waals surface area contributed by atoms with Gasteiger partial charge in [-0.3, -0.25) is 9.69 Å². The Kier molecular flexibility index (Phi) is 2.84. The highest BCUT2D eigenvalue weighted by Gasteiger charge is 2.21. The van der Waals surface area contributed by atoms with E-state index in [1.807, 2.05) is 6.92 Å². The van der Waals surface area contributed by atoms with Crippen LogP contribution >= 0.6 is 11.3 Å². The predicted octanol–water partition coefficient (Wildman–Crippen LogP) is 1.63. The first-order valence-electron chi connectivity index (χ1n) is 4.71. The fourth-order valence-corrected chi connectivity index (χ4v) is 2.51. The van der Waals surface area contributed by atoms with E-state index in [4.69, 9.17) is 4.74 Å². The minimum atomic E-state index is -0.124. The minimum absolute atomic E-state index is 0.124. The Hall–Kier alpha value is -0.870. The molecule has 0 aromatic carbocycles. The van der Waals surface area contributed by atoms with E-state index >= 15 is 0 Å². The Labute approximate surface area is 87.3 Å². The lowest BCUT2D eigenvalue weighted by Gasteiger charge is -2.13. The number of fused-ring (bicyclic) bond motifs is 1. The van der Waals surface area contributed by atoms with Crippen LogP contribution < -0.4 is 0 Å². The highest BCUT2D eigenvalue weighted by molar-refractivity contribution is 7.08. The van der Waals surface area contributed by atoms with Crippen molar-refractivity contribution in [2.45, 2.75) is 20.0 Å². The van der Waals surface area contributed by atoms with Gasteiger partial charge in [0.2, 0.25) is 0 Å². The van der Waals surface area contributed by atoms with Crippen molar-refractivity contribution in [3.63, 3.8) is 0 Å². The molecule has 2 heterocycles. The van der Waals surface area contributed by atoms with E-state index in [0.717, 1.165) is 13.1 Å². The maximum absolute atomic E-state index is 11.2. The maximum atomic E-state index is 11.2. The molecule has 2 rings (SSSR count). The second-order valence-corrected chi connectivity index (χ2v) is 4.12. The standard InChI is InChI=1S/C10H13NO2S/c1-2-13-10(12)5-11-3-8-6-14-7-9(8)4-11/h6-7H,2-5H2,1H3. The molecule has 76 valence electrons. The number of nitrogens with zero attached hydrogens (tertiary/aromatic N) is 1. The molecule has 0 radical (unpaired) electrons. The van der Waals surface area contributed by atoms with E-state index in [9.17, 15) is 4.79 Å². The van der Waals surface area contributed by atoms with Gasteiger partial charge in [-0.1, -0.05) is 0 Å². The Morgan fingerprint density at radius 2 is 2.14 bits per heavy atom. The van der Waals surface area contributed by atoms with Crippen LogP contribution in [-0.4, -0.2) is 24.0 Å². The molecular formula is C10H13NO2S. The summed E-state index contributed by atoms with van der Waals surface area (Å²) >= 11 is 1.73. The van der Waals surface area contributed by atoms with Gasteiger partial charge in [0.25, 0.3) is 0 Å². The van der Waals surface area contributed by atoms with Crippen molar-refractivity contribution in [3.05, 3.63) is 21.9 Å². The fraction of sp³-hybridized carbons (Fsp3) is 0.500. The molecule has 0 aliphatic carbocycles. The largest absolute Gasteiger partial charge is 0.465 e. The Bertz CT molecular complexity index is 314. The van der Waals surface area contributed by atoms with Crippen molar-refractivity contribution in [2.75, 3.05) is 13.2 Å². The average Bonchev–Trinajstić information content (AvgIpc) is 2.63. The Morgan fingerprint density at radius 3 is 2.71 bits per heavy atom. The molecule has 0 atom stereocenters. The van der Waals surface area contributed by atoms with Crippen LogP contribution in [0.25, 0.3) is 0 Å². The van der Waals surface area contributed by atoms with E-state index in [1.54, 1.807) is 11.3 Å². The van der Waals surface area contributed by atoms with Crippen LogP contribution in [0.3, 0.4) is 0 Å². The van der Waals surface area contributed by atoms with Gasteiger partial charge in [0.05, 0.1) is 13.2 Å². The monoisotopic (exact) mass is 211 g/mol. The third-order valence-corrected chi connectivity index (χ3v) is 3.12. The summed E-state index contributed by atoms with van der Waals surface area (Å²) in [5, 5.41) is 4.31. The molecular weight excluding hydrogens is 198 g/mol. The number of rotatable bonds is 3. The van der Waals surface area contributed by atoms with Crippen molar-refractivity contribution >= 4 is 17.3 Å². The van der Waals surface area contributed by atoms with Gasteiger partial charge in [-0.05, 0) is 28.8 Å². The minimum Gasteiger partial charge on any atom is -0.465 e. The normalized spacial score (nSPS) is 15.5. The number of thiophene rings is 1. The summed E-state index contributed by atoms with van der Waals surface area (Å²) in [6.07, 6.45) is 0. The lowest BCUT2D eigenvalue weighted by Crippen LogP contribution is -2.26. The van der Waals surface area contributed by atoms with Crippen molar-refractivity contribution in [1.29, 1.82) is 0 Å². The van der Waals surface area contributed by atoms with Gasteiger partial charge in [0.1, 0.15) is 0 Å². The molecule has 0 fully saturated rings. The van der Waals surface area contributed by atoms with Crippen molar-refractivity contribution in [2.24, 2.45) is 0 Å². The quantitative estimate of drug-likeness (QED) is 0.712. The molecule has 3 nitrogen and oxygen atoms in total. The van der Waals surface area contributed by atoms with Crippen LogP contribution in [0, 0.1) is 0 Å². The molecule has 0 saturated heterocycles. The number of carbonyl (C=O) groups is 1. The first kappa shape index (κ1) is 9.68. The average molecular weight is 211 g/mol. The SMILES string of the molecule is CCOC(=O)CN1Cc2cscc2C1. The fourth-order valence-electron chi connectivity index (χ4n) is 1.67. The van der Waals surface area contributed by atoms with Crippen LogP contribution in [0.5, 0.6) is 0 Å². The number of hydrogen-bond acceptors (Lipinski definition) is 4. The Morgan fingerprint density at radius 1 is 1.50 bits per heavy atom. The molecule has 14 heavy (non-hydrogen) atoms. The zero-order chi connectivity index (χ0) is 9.97.